The van der Waals surface area contributed by atoms with Crippen LogP contribution in [-0.4, -0.2) is 37.8 Å². The van der Waals surface area contributed by atoms with E-state index in [0.29, 0.717) is 11.6 Å². The van der Waals surface area contributed by atoms with Gasteiger partial charge >= 0.3 is 18.1 Å². The van der Waals surface area contributed by atoms with Gasteiger partial charge in [-0.3, -0.25) is 18.5 Å². The second-order valence-electron chi connectivity index (χ2n) is 8.95. The number of benzene rings is 1. The number of ether oxygens (including phenoxy) is 3. The minimum atomic E-state index is -4.88. The van der Waals surface area contributed by atoms with Crippen LogP contribution >= 0.6 is 11.6 Å². The molecule has 0 amide bonds. The Bertz CT molecular complexity index is 1530. The zero-order chi connectivity index (χ0) is 26.5. The molecule has 2 aromatic heterocycles. The molecule has 1 saturated heterocycles. The lowest BCUT2D eigenvalue weighted by atomic mass is 9.90. The van der Waals surface area contributed by atoms with Crippen molar-refractivity contribution in [3.8, 4) is 17.5 Å². The first kappa shape index (κ1) is 25.2. The molecule has 196 valence electrons. The van der Waals surface area contributed by atoms with E-state index in [4.69, 9.17) is 21.1 Å². The molecule has 0 saturated carbocycles. The fourth-order valence-corrected chi connectivity index (χ4v) is 4.51. The van der Waals surface area contributed by atoms with E-state index in [0.717, 1.165) is 16.7 Å². The maximum Gasteiger partial charge on any atom is 0.573 e. The number of rotatable bonds is 7. The number of fused-ring (bicyclic) bond motifs is 1. The molecule has 1 fully saturated rings. The van der Waals surface area contributed by atoms with Crippen LogP contribution in [0.15, 0.2) is 57.1 Å². The monoisotopic (exact) mass is 538 g/mol. The molecule has 0 N–H and O–H groups in total. The quantitative estimate of drug-likeness (QED) is 0.423. The van der Waals surface area contributed by atoms with Crippen LogP contribution in [0.1, 0.15) is 6.92 Å². The minimum absolute atomic E-state index is 0.000866. The Morgan fingerprint density at radius 2 is 1.92 bits per heavy atom. The summed E-state index contributed by atoms with van der Waals surface area (Å²) in [5.74, 6) is -0.583. The van der Waals surface area contributed by atoms with Gasteiger partial charge in [0.2, 0.25) is 0 Å². The van der Waals surface area contributed by atoms with Crippen LogP contribution in [0.3, 0.4) is 0 Å². The number of imidazole rings is 1. The van der Waals surface area contributed by atoms with E-state index in [2.05, 4.69) is 9.72 Å². The summed E-state index contributed by atoms with van der Waals surface area (Å²) in [6, 6.07) is 4.90. The van der Waals surface area contributed by atoms with Crippen molar-refractivity contribution in [1.82, 2.24) is 18.7 Å². The van der Waals surface area contributed by atoms with Gasteiger partial charge in [0.25, 0.3) is 5.56 Å². The maximum atomic E-state index is 13.5. The van der Waals surface area contributed by atoms with Crippen LogP contribution in [0, 0.1) is 11.8 Å². The molecule has 1 aliphatic carbocycles. The Morgan fingerprint density at radius 1 is 1.19 bits per heavy atom. The van der Waals surface area contributed by atoms with E-state index in [1.54, 1.807) is 6.08 Å². The van der Waals surface area contributed by atoms with Crippen LogP contribution in [0.2, 0.25) is 0 Å². The van der Waals surface area contributed by atoms with Gasteiger partial charge in [-0.2, -0.15) is 4.98 Å². The number of aryl methyl sites for hydroxylation is 1. The molecular formula is C24H22ClF3N4O5. The van der Waals surface area contributed by atoms with Gasteiger partial charge in [-0.15, -0.1) is 13.2 Å². The third-order valence-corrected chi connectivity index (χ3v) is 6.48. The van der Waals surface area contributed by atoms with Gasteiger partial charge in [-0.05, 0) is 24.1 Å². The Labute approximate surface area is 212 Å². The average molecular weight is 539 g/mol. The predicted molar refractivity (Wildman–Crippen MR) is 128 cm³/mol. The van der Waals surface area contributed by atoms with Gasteiger partial charge in [0.15, 0.2) is 11.2 Å². The molecule has 2 aliphatic rings. The highest BCUT2D eigenvalue weighted by atomic mass is 35.5. The molecule has 9 nitrogen and oxygen atoms in total. The normalized spacial score (nSPS) is 21.2. The highest BCUT2D eigenvalue weighted by Gasteiger charge is 2.32. The molecule has 0 radical (unpaired) electrons. The van der Waals surface area contributed by atoms with E-state index in [9.17, 15) is 22.8 Å². The van der Waals surface area contributed by atoms with Crippen LogP contribution < -0.4 is 20.7 Å². The number of epoxide rings is 1. The molecule has 0 spiro atoms. The van der Waals surface area contributed by atoms with E-state index < -0.39 is 23.4 Å². The van der Waals surface area contributed by atoms with E-state index in [-0.39, 0.29) is 54.0 Å². The summed E-state index contributed by atoms with van der Waals surface area (Å²) in [6.45, 7) is 2.75. The molecule has 5 rings (SSSR count). The van der Waals surface area contributed by atoms with E-state index >= 15 is 0 Å². The topological polar surface area (TPSA) is 92.8 Å². The van der Waals surface area contributed by atoms with Crippen molar-refractivity contribution in [3.05, 3.63) is 68.4 Å². The zero-order valence-electron chi connectivity index (χ0n) is 19.7. The molecule has 37 heavy (non-hydrogen) atoms. The summed E-state index contributed by atoms with van der Waals surface area (Å²) in [5, 5.41) is 0.589. The van der Waals surface area contributed by atoms with Gasteiger partial charge in [0.1, 0.15) is 11.5 Å². The van der Waals surface area contributed by atoms with Crippen LogP contribution in [0.25, 0.3) is 11.2 Å². The Balaban J connectivity index is 1.62. The van der Waals surface area contributed by atoms with Gasteiger partial charge < -0.3 is 14.2 Å². The Morgan fingerprint density at radius 3 is 2.59 bits per heavy atom. The first-order valence-corrected chi connectivity index (χ1v) is 11.8. The number of allylic oxidation sites excluding steroid dienone is 4. The van der Waals surface area contributed by atoms with Crippen molar-refractivity contribution >= 4 is 22.8 Å². The third kappa shape index (κ3) is 5.30. The largest absolute Gasteiger partial charge is 0.573 e. The van der Waals surface area contributed by atoms with Crippen molar-refractivity contribution in [3.63, 3.8) is 0 Å². The third-order valence-electron chi connectivity index (χ3n) is 6.23. The molecule has 3 atom stereocenters. The Kier molecular flexibility index (Phi) is 6.40. The summed E-state index contributed by atoms with van der Waals surface area (Å²) in [6.07, 6.45) is 0.433. The van der Waals surface area contributed by atoms with E-state index in [1.165, 1.54) is 28.3 Å². The number of hydrogen-bond donors (Lipinski definition) is 0. The standard InChI is InChI=1S/C24H22ClF3N4O5/c1-13-8-15(25)7-6-14(13)10-31-19-20(30(2)23(34)32(21(19)33)11-18-12-35-18)29-22(31)36-16-4-3-5-17(9-16)37-24(26,27)28/h3-9,13-14,18H,10-12H2,1-2H3. The summed E-state index contributed by atoms with van der Waals surface area (Å²) in [7, 11) is 1.49. The molecule has 13 heteroatoms. The SMILES string of the molecule is CC1C=C(Cl)C=CC1Cn1c(Oc2cccc(OC(F)(F)F)c2)nc2c1c(=O)n(CC1CO1)c(=O)n2C. The number of hydrogen-bond acceptors (Lipinski definition) is 6. The van der Waals surface area contributed by atoms with Crippen molar-refractivity contribution in [2.45, 2.75) is 32.5 Å². The second kappa shape index (κ2) is 9.42. The summed E-state index contributed by atoms with van der Waals surface area (Å²) in [4.78, 5) is 30.8. The van der Waals surface area contributed by atoms with Crippen LogP contribution in [0.4, 0.5) is 13.2 Å². The summed E-state index contributed by atoms with van der Waals surface area (Å²) < 4.78 is 57.1. The second-order valence-corrected chi connectivity index (χ2v) is 9.38. The Hall–Kier alpha value is -3.51. The predicted octanol–water partition coefficient (Wildman–Crippen LogP) is 3.93. The maximum absolute atomic E-state index is 13.5. The highest BCUT2D eigenvalue weighted by molar-refractivity contribution is 6.31. The molecule has 0 bridgehead atoms. The van der Waals surface area contributed by atoms with Crippen molar-refractivity contribution in [2.24, 2.45) is 18.9 Å². The lowest BCUT2D eigenvalue weighted by Gasteiger charge is -2.23. The van der Waals surface area contributed by atoms with Gasteiger partial charge in [-0.1, -0.05) is 36.7 Å². The molecular weight excluding hydrogens is 517 g/mol. The average Bonchev–Trinajstić information content (AvgIpc) is 3.57. The molecule has 1 aliphatic heterocycles. The molecule has 1 aromatic carbocycles. The van der Waals surface area contributed by atoms with Crippen molar-refractivity contribution in [1.29, 1.82) is 0 Å². The molecule has 3 aromatic rings. The van der Waals surface area contributed by atoms with Gasteiger partial charge in [0.05, 0.1) is 19.3 Å². The minimum Gasteiger partial charge on any atom is -0.425 e. The number of alkyl halides is 3. The summed E-state index contributed by atoms with van der Waals surface area (Å²) >= 11 is 6.13. The van der Waals surface area contributed by atoms with Crippen molar-refractivity contribution < 1.29 is 27.4 Å². The lowest BCUT2D eigenvalue weighted by molar-refractivity contribution is -0.274. The lowest BCUT2D eigenvalue weighted by Crippen LogP contribution is -2.41. The number of nitrogens with zero attached hydrogens (tertiary/aromatic N) is 4. The zero-order valence-corrected chi connectivity index (χ0v) is 20.5. The fraction of sp³-hybridized carbons (Fsp3) is 0.375. The number of aromatic nitrogens is 4. The van der Waals surface area contributed by atoms with Gasteiger partial charge in [-0.25, -0.2) is 4.79 Å². The van der Waals surface area contributed by atoms with Crippen LogP contribution in [0.5, 0.6) is 17.5 Å². The van der Waals surface area contributed by atoms with Crippen LogP contribution in [-0.2, 0) is 24.9 Å². The smallest absolute Gasteiger partial charge is 0.425 e. The number of halogens is 4. The van der Waals surface area contributed by atoms with Gasteiger partial charge in [0, 0.05) is 30.6 Å². The molecule has 3 heterocycles. The first-order chi connectivity index (χ1) is 17.5. The molecule has 3 unspecified atom stereocenters. The summed E-state index contributed by atoms with van der Waals surface area (Å²) in [5.41, 5.74) is -0.917. The van der Waals surface area contributed by atoms with E-state index in [1.807, 2.05) is 19.1 Å². The highest BCUT2D eigenvalue weighted by Crippen LogP contribution is 2.32. The fourth-order valence-electron chi connectivity index (χ4n) is 4.24. The van der Waals surface area contributed by atoms with Crippen molar-refractivity contribution in [2.75, 3.05) is 6.61 Å². The first-order valence-electron chi connectivity index (χ1n) is 11.4.